The topological polar surface area (TPSA) is 58.6 Å². The van der Waals surface area contributed by atoms with Crippen molar-refractivity contribution in [1.82, 2.24) is 5.32 Å². The lowest BCUT2D eigenvalue weighted by atomic mass is 10.2. The molecule has 2 heterocycles. The molecule has 0 aromatic heterocycles. The van der Waals surface area contributed by atoms with Gasteiger partial charge in [-0.25, -0.2) is 9.18 Å². The van der Waals surface area contributed by atoms with Crippen molar-refractivity contribution in [3.63, 3.8) is 0 Å². The Hall–Kier alpha value is -2.37. The van der Waals surface area contributed by atoms with Crippen molar-refractivity contribution >= 4 is 17.7 Å². The average Bonchev–Trinajstić information content (AvgIpc) is 2.92. The summed E-state index contributed by atoms with van der Waals surface area (Å²) in [7, 11) is 0. The first kappa shape index (κ1) is 14.0. The number of ether oxygens (including phenoxy) is 1. The second-order valence-corrected chi connectivity index (χ2v) is 4.20. The predicted octanol–water partition coefficient (Wildman–Crippen LogP) is 2.19. The number of rotatable bonds is 1. The van der Waals surface area contributed by atoms with E-state index in [2.05, 4.69) is 10.1 Å². The van der Waals surface area contributed by atoms with Crippen LogP contribution in [-0.2, 0) is 9.53 Å². The third-order valence-electron chi connectivity index (χ3n) is 2.76. The van der Waals surface area contributed by atoms with Crippen molar-refractivity contribution < 1.29 is 18.7 Å². The molecule has 0 bridgehead atoms. The number of halogens is 1. The van der Waals surface area contributed by atoms with Crippen molar-refractivity contribution in [1.29, 1.82) is 0 Å². The highest BCUT2D eigenvalue weighted by molar-refractivity contribution is 5.96. The Labute approximate surface area is 116 Å². The zero-order valence-corrected chi connectivity index (χ0v) is 10.8. The molecule has 2 amide bonds. The molecule has 1 fully saturated rings. The van der Waals surface area contributed by atoms with Crippen LogP contribution >= 0.6 is 0 Å². The quantitative estimate of drug-likeness (QED) is 0.856. The van der Waals surface area contributed by atoms with E-state index in [-0.39, 0.29) is 17.8 Å². The molecule has 0 spiro atoms. The molecule has 20 heavy (non-hydrogen) atoms. The van der Waals surface area contributed by atoms with E-state index in [1.165, 1.54) is 11.0 Å². The Bertz CT molecular complexity index is 523. The van der Waals surface area contributed by atoms with Crippen LogP contribution < -0.4 is 10.2 Å². The number of hydrogen-bond donors (Lipinski definition) is 1. The molecule has 0 unspecified atom stereocenters. The molecule has 1 aromatic carbocycles. The fourth-order valence-corrected chi connectivity index (χ4v) is 1.80. The number of alkyl carbamates (subject to hydrolysis) is 1. The van der Waals surface area contributed by atoms with Crippen LogP contribution in [0.4, 0.5) is 14.9 Å². The molecule has 1 N–H and O–H groups in total. The lowest BCUT2D eigenvalue weighted by Gasteiger charge is -2.21. The fraction of sp³-hybridized carbons (Fsp3) is 0.286. The van der Waals surface area contributed by atoms with Crippen LogP contribution in [0.1, 0.15) is 12.8 Å². The summed E-state index contributed by atoms with van der Waals surface area (Å²) < 4.78 is 17.7. The highest BCUT2D eigenvalue weighted by Gasteiger charge is 2.17. The molecule has 2 aliphatic heterocycles. The maximum absolute atomic E-state index is 13.3. The Morgan fingerprint density at radius 2 is 2.05 bits per heavy atom. The lowest BCUT2D eigenvalue weighted by Crippen LogP contribution is -2.27. The van der Waals surface area contributed by atoms with E-state index >= 15 is 0 Å². The number of anilines is 1. The number of nitrogens with one attached hydrogen (secondary N) is 1. The minimum atomic E-state index is -0.368. The highest BCUT2D eigenvalue weighted by Crippen LogP contribution is 2.22. The summed E-state index contributed by atoms with van der Waals surface area (Å²) in [5.74, 6) is -0.426. The first-order chi connectivity index (χ1) is 9.68. The summed E-state index contributed by atoms with van der Waals surface area (Å²) in [6.07, 6.45) is 4.39. The van der Waals surface area contributed by atoms with Gasteiger partial charge in [0.2, 0.25) is 5.91 Å². The largest absolute Gasteiger partial charge is 0.448 e. The molecule has 1 saturated heterocycles. The summed E-state index contributed by atoms with van der Waals surface area (Å²) in [4.78, 5) is 22.7. The highest BCUT2D eigenvalue weighted by atomic mass is 19.1. The van der Waals surface area contributed by atoms with Gasteiger partial charge in [-0.15, -0.1) is 0 Å². The molecule has 1 aromatic rings. The lowest BCUT2D eigenvalue weighted by molar-refractivity contribution is -0.118. The van der Waals surface area contributed by atoms with Crippen LogP contribution in [-0.4, -0.2) is 25.2 Å². The molecule has 6 heteroatoms. The Morgan fingerprint density at radius 1 is 1.25 bits per heavy atom. The molecular weight excluding hydrogens is 263 g/mol. The van der Waals surface area contributed by atoms with E-state index in [1.54, 1.807) is 24.4 Å². The zero-order chi connectivity index (χ0) is 14.4. The Kier molecular flexibility index (Phi) is 4.70. The zero-order valence-electron chi connectivity index (χ0n) is 10.8. The van der Waals surface area contributed by atoms with Crippen molar-refractivity contribution in [2.45, 2.75) is 12.8 Å². The Balaban J connectivity index is 0.000000205. The number of amides is 2. The number of nitrogens with zero attached hydrogens (tertiary/aromatic N) is 1. The van der Waals surface area contributed by atoms with Crippen LogP contribution in [0.2, 0.25) is 0 Å². The molecule has 0 aliphatic carbocycles. The van der Waals surface area contributed by atoms with E-state index in [0.29, 0.717) is 25.3 Å². The number of carbonyl (C=O) groups excluding carboxylic acids is 2. The van der Waals surface area contributed by atoms with E-state index < -0.39 is 0 Å². The molecule has 0 radical (unpaired) electrons. The Morgan fingerprint density at radius 3 is 2.60 bits per heavy atom. The SMILES string of the molecule is O=C1CCC=CN1c1ccccc1F.O=C1NCCO1. The monoisotopic (exact) mass is 278 g/mol. The number of benzene rings is 1. The van der Waals surface area contributed by atoms with Crippen LogP contribution in [0.5, 0.6) is 0 Å². The second-order valence-electron chi connectivity index (χ2n) is 4.20. The van der Waals surface area contributed by atoms with Gasteiger partial charge in [0.15, 0.2) is 0 Å². The van der Waals surface area contributed by atoms with Gasteiger partial charge in [-0.05, 0) is 18.6 Å². The number of carbonyl (C=O) groups is 2. The number of cyclic esters (lactones) is 1. The number of allylic oxidation sites excluding steroid dienone is 1. The minimum Gasteiger partial charge on any atom is -0.448 e. The van der Waals surface area contributed by atoms with Gasteiger partial charge in [-0.2, -0.15) is 0 Å². The standard InChI is InChI=1S/C11H10FNO.C3H5NO2/c12-9-5-1-2-6-10(9)13-8-4-3-7-11(13)14;5-3-4-1-2-6-3/h1-2,4-6,8H,3,7H2;1-2H2,(H,4,5). The summed E-state index contributed by atoms with van der Waals surface area (Å²) in [5.41, 5.74) is 0.327. The van der Waals surface area contributed by atoms with Crippen molar-refractivity contribution in [2.24, 2.45) is 0 Å². The molecule has 3 rings (SSSR count). The molecule has 2 aliphatic rings. The van der Waals surface area contributed by atoms with Crippen LogP contribution in [0.3, 0.4) is 0 Å². The normalized spacial score (nSPS) is 17.1. The molecular formula is C14H15FN2O3. The van der Waals surface area contributed by atoms with Gasteiger partial charge in [0, 0.05) is 12.6 Å². The van der Waals surface area contributed by atoms with Crippen LogP contribution in [0.25, 0.3) is 0 Å². The first-order valence-electron chi connectivity index (χ1n) is 6.32. The molecule has 5 nitrogen and oxygen atoms in total. The molecule has 0 atom stereocenters. The third-order valence-corrected chi connectivity index (χ3v) is 2.76. The summed E-state index contributed by atoms with van der Waals surface area (Å²) in [5, 5.41) is 2.46. The van der Waals surface area contributed by atoms with Crippen molar-refractivity contribution in [3.8, 4) is 0 Å². The molecule has 106 valence electrons. The maximum Gasteiger partial charge on any atom is 0.407 e. The van der Waals surface area contributed by atoms with E-state index in [0.717, 1.165) is 6.42 Å². The second kappa shape index (κ2) is 6.70. The van der Waals surface area contributed by atoms with Gasteiger partial charge in [0.25, 0.3) is 0 Å². The fourth-order valence-electron chi connectivity index (χ4n) is 1.80. The van der Waals surface area contributed by atoms with Gasteiger partial charge < -0.3 is 10.1 Å². The predicted molar refractivity (Wildman–Crippen MR) is 71.6 cm³/mol. The van der Waals surface area contributed by atoms with E-state index in [9.17, 15) is 14.0 Å². The smallest absolute Gasteiger partial charge is 0.407 e. The maximum atomic E-state index is 13.3. The van der Waals surface area contributed by atoms with Crippen molar-refractivity contribution in [3.05, 3.63) is 42.4 Å². The van der Waals surface area contributed by atoms with Gasteiger partial charge in [-0.3, -0.25) is 9.69 Å². The first-order valence-corrected chi connectivity index (χ1v) is 6.32. The van der Waals surface area contributed by atoms with Gasteiger partial charge in [0.1, 0.15) is 12.4 Å². The van der Waals surface area contributed by atoms with Gasteiger partial charge in [-0.1, -0.05) is 18.2 Å². The number of hydrogen-bond acceptors (Lipinski definition) is 3. The summed E-state index contributed by atoms with van der Waals surface area (Å²) in [6.45, 7) is 1.19. The third kappa shape index (κ3) is 3.57. The molecule has 0 saturated carbocycles. The van der Waals surface area contributed by atoms with Crippen LogP contribution in [0.15, 0.2) is 36.5 Å². The van der Waals surface area contributed by atoms with Crippen LogP contribution in [0, 0.1) is 5.82 Å². The summed E-state index contributed by atoms with van der Waals surface area (Å²) in [6, 6.07) is 6.28. The average molecular weight is 278 g/mol. The van der Waals surface area contributed by atoms with E-state index in [1.807, 2.05) is 6.08 Å². The van der Waals surface area contributed by atoms with E-state index in [4.69, 9.17) is 0 Å². The number of para-hydroxylation sites is 1. The van der Waals surface area contributed by atoms with Gasteiger partial charge in [0.05, 0.1) is 12.2 Å². The van der Waals surface area contributed by atoms with Gasteiger partial charge >= 0.3 is 6.09 Å². The summed E-state index contributed by atoms with van der Waals surface area (Å²) >= 11 is 0. The van der Waals surface area contributed by atoms with Crippen molar-refractivity contribution in [2.75, 3.05) is 18.1 Å². The minimum absolute atomic E-state index is 0.0578.